The molecule has 0 aliphatic rings. The van der Waals surface area contributed by atoms with Crippen LogP contribution in [0.25, 0.3) is 0 Å². The van der Waals surface area contributed by atoms with E-state index in [-0.39, 0.29) is 12.4 Å². The van der Waals surface area contributed by atoms with Gasteiger partial charge in [-0.1, -0.05) is 12.0 Å². The predicted molar refractivity (Wildman–Crippen MR) is 38.8 cm³/mol. The highest BCUT2D eigenvalue weighted by Gasteiger charge is 2.05. The highest BCUT2D eigenvalue weighted by molar-refractivity contribution is 7.86. The summed E-state index contributed by atoms with van der Waals surface area (Å²) in [4.78, 5) is 0. The molecule has 0 rings (SSSR count). The van der Waals surface area contributed by atoms with Crippen molar-refractivity contribution in [3.05, 3.63) is 12.7 Å². The molecule has 0 bridgehead atoms. The molecular weight excluding hydrogens is 152 g/mol. The Kier molecular flexibility index (Phi) is 3.77. The fourth-order valence-corrected chi connectivity index (χ4v) is 0.887. The molecule has 0 aliphatic carbocycles. The Morgan fingerprint density at radius 1 is 1.70 bits per heavy atom. The summed E-state index contributed by atoms with van der Waals surface area (Å²) in [6.07, 6.45) is 6.09. The lowest BCUT2D eigenvalue weighted by atomic mass is 10.7. The van der Waals surface area contributed by atoms with E-state index in [4.69, 9.17) is 6.42 Å². The Hall–Kier alpha value is -0.790. The topological polar surface area (TPSA) is 43.4 Å². The summed E-state index contributed by atoms with van der Waals surface area (Å²) in [5, 5.41) is 0. The van der Waals surface area contributed by atoms with E-state index in [9.17, 15) is 8.42 Å². The lowest BCUT2D eigenvalue weighted by molar-refractivity contribution is 0.360. The van der Waals surface area contributed by atoms with Gasteiger partial charge in [0.05, 0.1) is 6.61 Å². The molecule has 0 amide bonds. The van der Waals surface area contributed by atoms with Gasteiger partial charge in [0.2, 0.25) is 0 Å². The second-order valence-corrected chi connectivity index (χ2v) is 3.12. The first kappa shape index (κ1) is 9.21. The van der Waals surface area contributed by atoms with Crippen molar-refractivity contribution in [3.8, 4) is 12.3 Å². The van der Waals surface area contributed by atoms with Crippen LogP contribution in [0.1, 0.15) is 0 Å². The van der Waals surface area contributed by atoms with E-state index in [0.29, 0.717) is 0 Å². The normalized spacial score (nSPS) is 10.3. The molecular formula is C6H8O3S. The van der Waals surface area contributed by atoms with Crippen molar-refractivity contribution in [2.24, 2.45) is 0 Å². The van der Waals surface area contributed by atoms with E-state index >= 15 is 0 Å². The molecule has 0 aromatic rings. The van der Waals surface area contributed by atoms with Crippen LogP contribution >= 0.6 is 0 Å². The molecule has 0 heterocycles. The third kappa shape index (κ3) is 4.13. The fraction of sp³-hybridized carbons (Fsp3) is 0.333. The number of terminal acetylenes is 1. The van der Waals surface area contributed by atoms with Gasteiger partial charge >= 0.3 is 0 Å². The Labute approximate surface area is 60.8 Å². The maximum absolute atomic E-state index is 10.6. The second kappa shape index (κ2) is 4.09. The third-order valence-electron chi connectivity index (χ3n) is 0.626. The maximum Gasteiger partial charge on any atom is 0.279 e. The van der Waals surface area contributed by atoms with Crippen LogP contribution in [0.4, 0.5) is 0 Å². The van der Waals surface area contributed by atoms with Crippen molar-refractivity contribution in [3.63, 3.8) is 0 Å². The highest BCUT2D eigenvalue weighted by Crippen LogP contribution is 1.90. The molecule has 0 N–H and O–H groups in total. The lowest BCUT2D eigenvalue weighted by Gasteiger charge is -1.96. The van der Waals surface area contributed by atoms with Crippen molar-refractivity contribution >= 4 is 10.1 Å². The average Bonchev–Trinajstić information content (AvgIpc) is 1.84. The zero-order valence-corrected chi connectivity index (χ0v) is 6.23. The third-order valence-corrected chi connectivity index (χ3v) is 1.64. The largest absolute Gasteiger partial charge is 0.279 e. The predicted octanol–water partition coefficient (Wildman–Crippen LogP) is 0.152. The van der Waals surface area contributed by atoms with E-state index in [1.54, 1.807) is 0 Å². The van der Waals surface area contributed by atoms with E-state index in [2.05, 4.69) is 10.8 Å². The van der Waals surface area contributed by atoms with E-state index in [0.717, 1.165) is 0 Å². The number of hydrogen-bond acceptors (Lipinski definition) is 3. The molecule has 0 saturated heterocycles. The van der Waals surface area contributed by atoms with Crippen molar-refractivity contribution in [1.82, 2.24) is 0 Å². The smallest absolute Gasteiger partial charge is 0.265 e. The maximum atomic E-state index is 10.6. The van der Waals surface area contributed by atoms with Crippen molar-refractivity contribution in [2.75, 3.05) is 12.4 Å². The van der Waals surface area contributed by atoms with E-state index < -0.39 is 10.1 Å². The molecule has 56 valence electrons. The van der Waals surface area contributed by atoms with Crippen molar-refractivity contribution in [2.45, 2.75) is 0 Å². The van der Waals surface area contributed by atoms with Gasteiger partial charge in [-0.25, -0.2) is 0 Å². The number of rotatable bonds is 4. The molecule has 0 aromatic heterocycles. The monoisotopic (exact) mass is 160 g/mol. The fourth-order valence-electron chi connectivity index (χ4n) is 0.296. The SMILES string of the molecule is C#CCS(=O)(=O)OCC=C. The van der Waals surface area contributed by atoms with Crippen LogP contribution < -0.4 is 0 Å². The molecule has 0 aliphatic heterocycles. The Bertz CT molecular complexity index is 232. The van der Waals surface area contributed by atoms with Gasteiger partial charge in [-0.2, -0.15) is 8.42 Å². The first-order valence-electron chi connectivity index (χ1n) is 2.54. The second-order valence-electron chi connectivity index (χ2n) is 1.48. The molecule has 3 nitrogen and oxygen atoms in total. The van der Waals surface area contributed by atoms with Crippen LogP contribution in [-0.4, -0.2) is 20.8 Å². The van der Waals surface area contributed by atoms with Gasteiger partial charge in [0.1, 0.15) is 5.75 Å². The Morgan fingerprint density at radius 3 is 2.70 bits per heavy atom. The van der Waals surface area contributed by atoms with Crippen LogP contribution in [0.2, 0.25) is 0 Å². The van der Waals surface area contributed by atoms with Gasteiger partial charge in [-0.05, 0) is 0 Å². The van der Waals surface area contributed by atoms with Crippen LogP contribution in [0.3, 0.4) is 0 Å². The molecule has 0 saturated carbocycles. The quantitative estimate of drug-likeness (QED) is 0.334. The molecule has 4 heteroatoms. The van der Waals surface area contributed by atoms with Gasteiger partial charge in [0.25, 0.3) is 10.1 Å². The van der Waals surface area contributed by atoms with Crippen molar-refractivity contribution < 1.29 is 12.6 Å². The lowest BCUT2D eigenvalue weighted by Crippen LogP contribution is -2.08. The molecule has 0 fully saturated rings. The summed E-state index contributed by atoms with van der Waals surface area (Å²) in [5.41, 5.74) is 0. The Balaban J connectivity index is 3.91. The highest BCUT2D eigenvalue weighted by atomic mass is 32.2. The summed E-state index contributed by atoms with van der Waals surface area (Å²) in [5.74, 6) is 1.58. The van der Waals surface area contributed by atoms with Gasteiger partial charge in [0, 0.05) is 0 Å². The van der Waals surface area contributed by atoms with E-state index in [1.807, 2.05) is 5.92 Å². The van der Waals surface area contributed by atoms with Gasteiger partial charge in [-0.3, -0.25) is 4.18 Å². The van der Waals surface area contributed by atoms with E-state index in [1.165, 1.54) is 6.08 Å². The molecule has 0 unspecified atom stereocenters. The van der Waals surface area contributed by atoms with Crippen LogP contribution in [0, 0.1) is 12.3 Å². The molecule has 0 aromatic carbocycles. The Morgan fingerprint density at radius 2 is 2.30 bits per heavy atom. The first-order chi connectivity index (χ1) is 4.62. The van der Waals surface area contributed by atoms with Crippen molar-refractivity contribution in [1.29, 1.82) is 0 Å². The zero-order valence-electron chi connectivity index (χ0n) is 5.41. The summed E-state index contributed by atoms with van der Waals surface area (Å²) in [6.45, 7) is 3.26. The zero-order chi connectivity index (χ0) is 8.04. The minimum atomic E-state index is -3.50. The number of hydrogen-bond donors (Lipinski definition) is 0. The molecule has 0 atom stereocenters. The standard InChI is InChI=1S/C6H8O3S/c1-3-5-9-10(7,8)6-4-2/h2-3H,1,5-6H2. The van der Waals surface area contributed by atoms with Gasteiger partial charge in [-0.15, -0.1) is 13.0 Å². The van der Waals surface area contributed by atoms with Gasteiger partial charge in [0.15, 0.2) is 0 Å². The average molecular weight is 160 g/mol. The summed E-state index contributed by atoms with van der Waals surface area (Å²) in [6, 6.07) is 0. The molecule has 0 spiro atoms. The molecule has 0 radical (unpaired) electrons. The molecule has 10 heavy (non-hydrogen) atoms. The van der Waals surface area contributed by atoms with Crippen LogP contribution in [-0.2, 0) is 14.3 Å². The minimum Gasteiger partial charge on any atom is -0.265 e. The first-order valence-corrected chi connectivity index (χ1v) is 4.11. The summed E-state index contributed by atoms with van der Waals surface area (Å²) < 4.78 is 25.5. The van der Waals surface area contributed by atoms with Crippen LogP contribution in [0.5, 0.6) is 0 Å². The summed E-state index contributed by atoms with van der Waals surface area (Å²) >= 11 is 0. The van der Waals surface area contributed by atoms with Crippen LogP contribution in [0.15, 0.2) is 12.7 Å². The minimum absolute atomic E-state index is 0.0238. The summed E-state index contributed by atoms with van der Waals surface area (Å²) in [7, 11) is -3.50. The van der Waals surface area contributed by atoms with Gasteiger partial charge < -0.3 is 0 Å².